The van der Waals surface area contributed by atoms with Crippen molar-refractivity contribution in [2.24, 2.45) is 5.73 Å². The number of ketones is 1. The number of amides is 2. The molecule has 162 valence electrons. The second-order valence-electron chi connectivity index (χ2n) is 6.73. The summed E-state index contributed by atoms with van der Waals surface area (Å²) in [7, 11) is 0. The van der Waals surface area contributed by atoms with Crippen LogP contribution in [0.25, 0.3) is 0 Å². The van der Waals surface area contributed by atoms with E-state index in [9.17, 15) is 24.0 Å². The van der Waals surface area contributed by atoms with Crippen molar-refractivity contribution in [1.29, 1.82) is 0 Å². The monoisotopic (exact) mass is 429 g/mol. The van der Waals surface area contributed by atoms with Gasteiger partial charge in [0.1, 0.15) is 18.6 Å². The average Bonchev–Trinajstić information content (AvgIpc) is 2.82. The van der Waals surface area contributed by atoms with Crippen LogP contribution in [0.5, 0.6) is 0 Å². The van der Waals surface area contributed by atoms with E-state index in [1.807, 2.05) is 0 Å². The van der Waals surface area contributed by atoms with Crippen molar-refractivity contribution < 1.29 is 34.2 Å². The highest BCUT2D eigenvalue weighted by atomic mass is 32.2. The molecule has 0 aliphatic heterocycles. The first-order chi connectivity index (χ1) is 13.6. The minimum absolute atomic E-state index is 0.0152. The number of Topliss-reactive ketones (excluding diaryl/α,β-unsaturated/α-hetero) is 1. The zero-order valence-electron chi connectivity index (χ0n) is 16.0. The molecule has 1 aliphatic rings. The predicted molar refractivity (Wildman–Crippen MR) is 106 cm³/mol. The predicted octanol–water partition coefficient (Wildman–Crippen LogP) is -0.335. The third-order valence-corrected chi connectivity index (χ3v) is 5.84. The summed E-state index contributed by atoms with van der Waals surface area (Å²) in [5.41, 5.74) is 5.85. The van der Waals surface area contributed by atoms with Gasteiger partial charge in [-0.25, -0.2) is 0 Å². The maximum absolute atomic E-state index is 12.3. The van der Waals surface area contributed by atoms with Crippen molar-refractivity contribution in [2.75, 3.05) is 12.3 Å². The highest BCUT2D eigenvalue weighted by Crippen LogP contribution is 2.29. The molecule has 3 atom stereocenters. The first-order valence-corrected chi connectivity index (χ1v) is 10.3. The quantitative estimate of drug-likeness (QED) is 0.217. The molecule has 0 bridgehead atoms. The third-order valence-electron chi connectivity index (χ3n) is 4.40. The molecule has 1 aliphatic carbocycles. The number of hydrogen-bond acceptors (Lipinski definition) is 7. The number of aliphatic carboxylic acids is 2. The fraction of sp³-hybridized carbons (Fsp3) is 0.611. The van der Waals surface area contributed by atoms with E-state index in [-0.39, 0.29) is 29.6 Å². The van der Waals surface area contributed by atoms with Crippen LogP contribution < -0.4 is 16.4 Å². The van der Waals surface area contributed by atoms with Crippen LogP contribution in [0.2, 0.25) is 0 Å². The van der Waals surface area contributed by atoms with E-state index in [4.69, 9.17) is 15.9 Å². The summed E-state index contributed by atoms with van der Waals surface area (Å²) in [5, 5.41) is 22.0. The van der Waals surface area contributed by atoms with E-state index in [1.54, 1.807) is 0 Å². The Hall–Kier alpha value is -2.40. The maximum atomic E-state index is 12.3. The summed E-state index contributed by atoms with van der Waals surface area (Å²) in [4.78, 5) is 57.8. The normalized spacial score (nSPS) is 19.0. The molecule has 1 fully saturated rings. The Kier molecular flexibility index (Phi) is 10.4. The van der Waals surface area contributed by atoms with Crippen molar-refractivity contribution in [1.82, 2.24) is 10.6 Å². The minimum Gasteiger partial charge on any atom is -0.480 e. The van der Waals surface area contributed by atoms with Gasteiger partial charge in [0.25, 0.3) is 0 Å². The van der Waals surface area contributed by atoms with E-state index in [2.05, 4.69) is 17.2 Å². The van der Waals surface area contributed by atoms with Gasteiger partial charge in [-0.05, 0) is 19.3 Å². The van der Waals surface area contributed by atoms with Crippen LogP contribution in [0.4, 0.5) is 0 Å². The summed E-state index contributed by atoms with van der Waals surface area (Å²) in [6.07, 6.45) is 2.48. The Balaban J connectivity index is 2.71. The zero-order valence-corrected chi connectivity index (χ0v) is 16.8. The second-order valence-corrected chi connectivity index (χ2v) is 7.97. The smallest absolute Gasteiger partial charge is 0.322 e. The lowest BCUT2D eigenvalue weighted by molar-refractivity contribution is -0.139. The summed E-state index contributed by atoms with van der Waals surface area (Å²) in [5.74, 6) is -3.63. The lowest BCUT2D eigenvalue weighted by Gasteiger charge is -2.21. The molecule has 1 rings (SSSR count). The molecule has 0 heterocycles. The van der Waals surface area contributed by atoms with Gasteiger partial charge in [0, 0.05) is 29.4 Å². The fourth-order valence-corrected chi connectivity index (χ4v) is 4.00. The molecule has 6 N–H and O–H groups in total. The number of rotatable bonds is 11. The van der Waals surface area contributed by atoms with Crippen molar-refractivity contribution in [3.63, 3.8) is 0 Å². The molecule has 0 radical (unpaired) electrons. The molecule has 1 saturated carbocycles. The number of carbonyl (C=O) groups excluding carboxylic acids is 3. The number of carboxylic acids is 2. The van der Waals surface area contributed by atoms with Crippen LogP contribution in [0.3, 0.4) is 0 Å². The molecule has 0 aromatic carbocycles. The van der Waals surface area contributed by atoms with Gasteiger partial charge in [-0.15, -0.1) is 0 Å². The fourth-order valence-electron chi connectivity index (χ4n) is 2.67. The Morgan fingerprint density at radius 3 is 2.55 bits per heavy atom. The van der Waals surface area contributed by atoms with Gasteiger partial charge >= 0.3 is 11.9 Å². The van der Waals surface area contributed by atoms with Gasteiger partial charge in [-0.1, -0.05) is 13.0 Å². The standard InChI is InChI=1S/C18H27N3O7S/c1-10-13(22)4-2-3-5-14(10)29-9-12(17(26)20-8-16(24)25)21-15(23)7-6-11(19)18(27)28/h11-12,14H,1-9,19H2,(H,20,26)(H,21,23)(H,24,25)(H,27,28)/t11-,12+,14?/m1/s1. The highest BCUT2D eigenvalue weighted by molar-refractivity contribution is 8.00. The number of hydrogen-bond donors (Lipinski definition) is 5. The molecule has 0 aromatic heterocycles. The number of carboxylic acid groups (broad SMARTS) is 2. The Labute approximate surface area is 172 Å². The number of nitrogens with two attached hydrogens (primary N) is 1. The van der Waals surface area contributed by atoms with E-state index >= 15 is 0 Å². The van der Waals surface area contributed by atoms with E-state index in [0.717, 1.165) is 19.3 Å². The first kappa shape index (κ1) is 24.6. The lowest BCUT2D eigenvalue weighted by Crippen LogP contribution is -2.49. The highest BCUT2D eigenvalue weighted by Gasteiger charge is 2.27. The van der Waals surface area contributed by atoms with Crippen molar-refractivity contribution in [3.05, 3.63) is 12.2 Å². The molecule has 10 nitrogen and oxygen atoms in total. The van der Waals surface area contributed by atoms with Crippen LogP contribution in [-0.2, 0) is 24.0 Å². The molecule has 11 heteroatoms. The first-order valence-electron chi connectivity index (χ1n) is 9.22. The summed E-state index contributed by atoms with van der Waals surface area (Å²) in [6.45, 7) is 3.24. The summed E-state index contributed by atoms with van der Waals surface area (Å²) >= 11 is 1.30. The van der Waals surface area contributed by atoms with Gasteiger partial charge < -0.3 is 26.6 Å². The van der Waals surface area contributed by atoms with Crippen molar-refractivity contribution >= 4 is 41.3 Å². The minimum atomic E-state index is -1.24. The number of thioether (sulfide) groups is 1. The molecular weight excluding hydrogens is 402 g/mol. The summed E-state index contributed by atoms with van der Waals surface area (Å²) < 4.78 is 0. The summed E-state index contributed by atoms with van der Waals surface area (Å²) in [6, 6.07) is -2.24. The Morgan fingerprint density at radius 2 is 1.93 bits per heavy atom. The molecule has 0 spiro atoms. The van der Waals surface area contributed by atoms with Crippen LogP contribution in [-0.4, -0.2) is 69.4 Å². The second kappa shape index (κ2) is 12.2. The van der Waals surface area contributed by atoms with Gasteiger partial charge in [0.15, 0.2) is 5.78 Å². The SMILES string of the molecule is C=C1C(=O)CCCCC1SC[C@H](NC(=O)CC[C@@H](N)C(=O)O)C(=O)NCC(=O)O. The topological polar surface area (TPSA) is 176 Å². The van der Waals surface area contributed by atoms with Crippen molar-refractivity contribution in [2.45, 2.75) is 55.9 Å². The van der Waals surface area contributed by atoms with Gasteiger partial charge in [0.05, 0.1) is 0 Å². The van der Waals surface area contributed by atoms with E-state index < -0.39 is 42.4 Å². The van der Waals surface area contributed by atoms with Gasteiger partial charge in [-0.3, -0.25) is 24.0 Å². The van der Waals surface area contributed by atoms with Gasteiger partial charge in [0.2, 0.25) is 11.8 Å². The zero-order chi connectivity index (χ0) is 22.0. The van der Waals surface area contributed by atoms with E-state index in [1.165, 1.54) is 11.8 Å². The van der Waals surface area contributed by atoms with Crippen LogP contribution in [0.15, 0.2) is 12.2 Å². The van der Waals surface area contributed by atoms with E-state index in [0.29, 0.717) is 12.0 Å². The van der Waals surface area contributed by atoms with Crippen molar-refractivity contribution in [3.8, 4) is 0 Å². The lowest BCUT2D eigenvalue weighted by atomic mass is 10.1. The molecule has 2 amide bonds. The molecule has 1 unspecified atom stereocenters. The Bertz CT molecular complexity index is 668. The van der Waals surface area contributed by atoms with Crippen LogP contribution >= 0.6 is 11.8 Å². The molecule has 29 heavy (non-hydrogen) atoms. The maximum Gasteiger partial charge on any atom is 0.322 e. The molecule has 0 aromatic rings. The van der Waals surface area contributed by atoms with Crippen LogP contribution in [0.1, 0.15) is 38.5 Å². The molecule has 0 saturated heterocycles. The van der Waals surface area contributed by atoms with Gasteiger partial charge in [-0.2, -0.15) is 11.8 Å². The van der Waals surface area contributed by atoms with Crippen LogP contribution in [0, 0.1) is 0 Å². The molecular formula is C18H27N3O7S. The number of carbonyl (C=O) groups is 5. The number of nitrogens with one attached hydrogen (secondary N) is 2. The third kappa shape index (κ3) is 9.09. The Morgan fingerprint density at radius 1 is 1.24 bits per heavy atom. The largest absolute Gasteiger partial charge is 0.480 e. The average molecular weight is 429 g/mol.